The quantitative estimate of drug-likeness (QED) is 0.671. The number of fused-ring (bicyclic) bond motifs is 1. The van der Waals surface area contributed by atoms with Crippen molar-refractivity contribution in [3.05, 3.63) is 34.9 Å². The summed E-state index contributed by atoms with van der Waals surface area (Å²) < 4.78 is 0. The predicted molar refractivity (Wildman–Crippen MR) is 87.2 cm³/mol. The highest BCUT2D eigenvalue weighted by molar-refractivity contribution is 5.98. The molecule has 0 spiro atoms. The normalized spacial score (nSPS) is 11.5. The van der Waals surface area contributed by atoms with Crippen LogP contribution in [0.15, 0.2) is 18.2 Å². The minimum absolute atomic E-state index is 0.143. The lowest BCUT2D eigenvalue weighted by Gasteiger charge is -2.12. The van der Waals surface area contributed by atoms with Gasteiger partial charge in [0.05, 0.1) is 6.54 Å². The molecule has 0 atom stereocenters. The van der Waals surface area contributed by atoms with E-state index in [1.54, 1.807) is 6.07 Å². The van der Waals surface area contributed by atoms with Gasteiger partial charge < -0.3 is 4.79 Å². The number of carbonyl (C=O) groups is 3. The molecule has 1 N–H and O–H groups in total. The van der Waals surface area contributed by atoms with E-state index < -0.39 is 0 Å². The average molecular weight is 306 g/mol. The van der Waals surface area contributed by atoms with E-state index in [0.29, 0.717) is 18.5 Å². The third-order valence-electron chi connectivity index (χ3n) is 3.09. The summed E-state index contributed by atoms with van der Waals surface area (Å²) in [5, 5.41) is 1.31. The molecule has 2 amide bonds. The van der Waals surface area contributed by atoms with Gasteiger partial charge in [0.25, 0.3) is 5.91 Å². The number of rotatable bonds is 5. The number of hydrogen-bond donors (Lipinski definition) is 1. The van der Waals surface area contributed by atoms with Gasteiger partial charge in [-0.3, -0.25) is 15.0 Å². The number of aldehydes is 1. The first kappa shape index (κ1) is 19.8. The summed E-state index contributed by atoms with van der Waals surface area (Å²) in [6.45, 7) is 8.49. The number of benzene rings is 1. The van der Waals surface area contributed by atoms with E-state index in [2.05, 4.69) is 12.3 Å². The van der Waals surface area contributed by atoms with Crippen LogP contribution >= 0.6 is 0 Å². The molecule has 1 aliphatic heterocycles. The Labute approximate surface area is 132 Å². The lowest BCUT2D eigenvalue weighted by Crippen LogP contribution is -2.36. The van der Waals surface area contributed by atoms with Gasteiger partial charge >= 0.3 is 0 Å². The van der Waals surface area contributed by atoms with E-state index in [9.17, 15) is 14.4 Å². The summed E-state index contributed by atoms with van der Waals surface area (Å²) in [5.41, 5.74) is 5.12. The first-order chi connectivity index (χ1) is 10.7. The minimum atomic E-state index is -0.143. The Bertz CT molecular complexity index is 487. The van der Waals surface area contributed by atoms with Gasteiger partial charge in [-0.25, -0.2) is 5.01 Å². The van der Waals surface area contributed by atoms with Crippen molar-refractivity contribution in [3.63, 3.8) is 0 Å². The molecular formula is C17H26N2O3. The van der Waals surface area contributed by atoms with Crippen LogP contribution in [0.25, 0.3) is 0 Å². The molecule has 0 aromatic heterocycles. The maximum Gasteiger partial charge on any atom is 0.272 e. The topological polar surface area (TPSA) is 66.5 Å². The molecule has 22 heavy (non-hydrogen) atoms. The van der Waals surface area contributed by atoms with Crippen LogP contribution < -0.4 is 5.43 Å². The number of unbranched alkanes of at least 4 members (excludes halogenated alkanes) is 2. The number of hydrogen-bond acceptors (Lipinski definition) is 3. The highest BCUT2D eigenvalue weighted by atomic mass is 16.2. The minimum Gasteiger partial charge on any atom is -0.303 e. The molecule has 1 aromatic rings. The van der Waals surface area contributed by atoms with Gasteiger partial charge in [0, 0.05) is 12.0 Å². The van der Waals surface area contributed by atoms with Gasteiger partial charge in [0.2, 0.25) is 6.41 Å². The zero-order valence-corrected chi connectivity index (χ0v) is 13.9. The first-order valence-electron chi connectivity index (χ1n) is 7.69. The summed E-state index contributed by atoms with van der Waals surface area (Å²) in [7, 11) is 0. The molecule has 5 nitrogen and oxygen atoms in total. The van der Waals surface area contributed by atoms with Gasteiger partial charge in [-0.1, -0.05) is 39.3 Å². The molecule has 1 aromatic carbocycles. The van der Waals surface area contributed by atoms with Crippen LogP contribution in [0.2, 0.25) is 0 Å². The van der Waals surface area contributed by atoms with Gasteiger partial charge in [0.15, 0.2) is 0 Å². The Hall–Kier alpha value is -2.17. The Morgan fingerprint density at radius 1 is 1.27 bits per heavy atom. The molecule has 5 heteroatoms. The van der Waals surface area contributed by atoms with Crippen molar-refractivity contribution in [2.45, 2.75) is 53.5 Å². The summed E-state index contributed by atoms with van der Waals surface area (Å²) in [4.78, 5) is 31.4. The van der Waals surface area contributed by atoms with Gasteiger partial charge in [-0.2, -0.15) is 0 Å². The molecule has 1 heterocycles. The smallest absolute Gasteiger partial charge is 0.272 e. The van der Waals surface area contributed by atoms with E-state index in [1.165, 1.54) is 5.01 Å². The van der Waals surface area contributed by atoms with E-state index in [4.69, 9.17) is 0 Å². The van der Waals surface area contributed by atoms with Crippen LogP contribution in [0.3, 0.4) is 0 Å². The van der Waals surface area contributed by atoms with Crippen molar-refractivity contribution in [3.8, 4) is 0 Å². The summed E-state index contributed by atoms with van der Waals surface area (Å²) in [5.74, 6) is -0.143. The first-order valence-corrected chi connectivity index (χ1v) is 7.69. The summed E-state index contributed by atoms with van der Waals surface area (Å²) in [6, 6.07) is 5.57. The van der Waals surface area contributed by atoms with Crippen LogP contribution in [0, 0.1) is 6.92 Å². The van der Waals surface area contributed by atoms with Crippen molar-refractivity contribution >= 4 is 18.6 Å². The fourth-order valence-electron chi connectivity index (χ4n) is 1.94. The highest BCUT2D eigenvalue weighted by Crippen LogP contribution is 2.23. The molecule has 0 unspecified atom stereocenters. The average Bonchev–Trinajstić information content (AvgIpc) is 2.87. The molecule has 0 radical (unpaired) electrons. The Balaban J connectivity index is 0.000000470. The van der Waals surface area contributed by atoms with Crippen molar-refractivity contribution in [1.82, 2.24) is 10.4 Å². The van der Waals surface area contributed by atoms with Gasteiger partial charge in [-0.05, 0) is 30.5 Å². The van der Waals surface area contributed by atoms with E-state index in [0.717, 1.165) is 36.7 Å². The van der Waals surface area contributed by atoms with E-state index >= 15 is 0 Å². The second-order valence-corrected chi connectivity index (χ2v) is 4.55. The summed E-state index contributed by atoms with van der Waals surface area (Å²) >= 11 is 0. The third-order valence-corrected chi connectivity index (χ3v) is 3.09. The van der Waals surface area contributed by atoms with Crippen LogP contribution in [-0.2, 0) is 16.1 Å². The molecule has 0 fully saturated rings. The van der Waals surface area contributed by atoms with Crippen LogP contribution in [0.5, 0.6) is 0 Å². The van der Waals surface area contributed by atoms with Crippen molar-refractivity contribution in [2.75, 3.05) is 0 Å². The number of carbonyl (C=O) groups excluding carboxylic acids is 3. The molecule has 0 aliphatic carbocycles. The molecule has 0 saturated carbocycles. The van der Waals surface area contributed by atoms with Crippen molar-refractivity contribution in [1.29, 1.82) is 0 Å². The van der Waals surface area contributed by atoms with Gasteiger partial charge in [0.1, 0.15) is 6.29 Å². The molecule has 1 aliphatic rings. The van der Waals surface area contributed by atoms with Crippen molar-refractivity contribution in [2.24, 2.45) is 0 Å². The maximum absolute atomic E-state index is 11.6. The molecule has 122 valence electrons. The van der Waals surface area contributed by atoms with Crippen LogP contribution in [0.1, 0.15) is 61.5 Å². The lowest BCUT2D eigenvalue weighted by atomic mass is 10.1. The van der Waals surface area contributed by atoms with E-state index in [1.807, 2.05) is 32.9 Å². The molecular weight excluding hydrogens is 280 g/mol. The second kappa shape index (κ2) is 11.5. The fraction of sp³-hybridized carbons (Fsp3) is 0.471. The number of aryl methyl sites for hydroxylation is 1. The number of amides is 2. The standard InChI is InChI=1S/C10H10N2O2.C5H10O.C2H6/c1-7-3-2-4-8-9(7)5-12(10(8)14)11-6-13;1-2-3-4-5-6;1-2/h2-4,6H,5H2,1H3,(H,11,13);5H,2-4H2,1H3;1-2H3. The molecule has 2 rings (SSSR count). The highest BCUT2D eigenvalue weighted by Gasteiger charge is 2.27. The monoisotopic (exact) mass is 306 g/mol. The molecule has 0 saturated heterocycles. The van der Waals surface area contributed by atoms with Crippen LogP contribution in [-0.4, -0.2) is 23.6 Å². The lowest BCUT2D eigenvalue weighted by molar-refractivity contribution is -0.113. The number of nitrogens with one attached hydrogen (secondary N) is 1. The second-order valence-electron chi connectivity index (χ2n) is 4.55. The number of nitrogens with zero attached hydrogens (tertiary/aromatic N) is 1. The SMILES string of the molecule is CC.CCCCC=O.Cc1cccc2c1CN(NC=O)C2=O. The zero-order chi connectivity index (χ0) is 17.0. The Morgan fingerprint density at radius 2 is 1.95 bits per heavy atom. The van der Waals surface area contributed by atoms with Crippen molar-refractivity contribution < 1.29 is 14.4 Å². The fourth-order valence-corrected chi connectivity index (χ4v) is 1.94. The van der Waals surface area contributed by atoms with Gasteiger partial charge in [-0.15, -0.1) is 0 Å². The largest absolute Gasteiger partial charge is 0.303 e. The maximum atomic E-state index is 11.6. The Kier molecular flexibility index (Phi) is 10.4. The zero-order valence-electron chi connectivity index (χ0n) is 13.9. The van der Waals surface area contributed by atoms with E-state index in [-0.39, 0.29) is 5.91 Å². The number of hydrazine groups is 1. The van der Waals surface area contributed by atoms with Crippen LogP contribution in [0.4, 0.5) is 0 Å². The predicted octanol–water partition coefficient (Wildman–Crippen LogP) is 3.01. The molecule has 0 bridgehead atoms. The Morgan fingerprint density at radius 3 is 2.41 bits per heavy atom. The summed E-state index contributed by atoms with van der Waals surface area (Å²) in [6.07, 6.45) is 4.38. The third kappa shape index (κ3) is 5.68.